The van der Waals surface area contributed by atoms with Crippen molar-refractivity contribution in [2.75, 3.05) is 18.7 Å². The van der Waals surface area contributed by atoms with Crippen LogP contribution in [-0.2, 0) is 25.6 Å². The Morgan fingerprint density at radius 1 is 1.27 bits per heavy atom. The average molecular weight is 376 g/mol. The fourth-order valence-electron chi connectivity index (χ4n) is 2.24. The summed E-state index contributed by atoms with van der Waals surface area (Å²) in [6.45, 7) is -0.0847. The maximum absolute atomic E-state index is 11.6. The van der Waals surface area contributed by atoms with Gasteiger partial charge in [-0.15, -0.1) is 0 Å². The minimum absolute atomic E-state index is 0.0847. The lowest BCUT2D eigenvalue weighted by molar-refractivity contribution is 0.0601. The second-order valence-corrected chi connectivity index (χ2v) is 7.09. The van der Waals surface area contributed by atoms with Gasteiger partial charge in [0.2, 0.25) is 5.95 Å². The van der Waals surface area contributed by atoms with Crippen LogP contribution in [0.3, 0.4) is 0 Å². The maximum atomic E-state index is 11.6. The van der Waals surface area contributed by atoms with Gasteiger partial charge in [-0.3, -0.25) is 4.18 Å². The predicted octanol–water partition coefficient (Wildman–Crippen LogP) is 1.96. The van der Waals surface area contributed by atoms with E-state index in [1.807, 2.05) is 0 Å². The van der Waals surface area contributed by atoms with Gasteiger partial charge in [0.1, 0.15) is 5.82 Å². The largest absolute Gasteiger partial charge is 0.465 e. The molecule has 0 unspecified atom stereocenters. The Morgan fingerprint density at radius 2 is 2.08 bits per heavy atom. The predicted molar refractivity (Wildman–Crippen MR) is 94.6 cm³/mol. The highest BCUT2D eigenvalue weighted by Crippen LogP contribution is 2.19. The monoisotopic (exact) mass is 376 g/mol. The van der Waals surface area contributed by atoms with Crippen molar-refractivity contribution < 1.29 is 22.1 Å². The molecule has 26 heavy (non-hydrogen) atoms. The van der Waals surface area contributed by atoms with E-state index < -0.39 is 16.1 Å². The molecule has 136 valence electrons. The van der Waals surface area contributed by atoms with E-state index in [1.54, 1.807) is 30.3 Å². The summed E-state index contributed by atoms with van der Waals surface area (Å²) in [5.41, 5.74) is 2.37. The molecule has 2 heterocycles. The number of nitrogens with zero attached hydrogens (tertiary/aromatic N) is 2. The number of hydrogen-bond acceptors (Lipinski definition) is 8. The highest BCUT2D eigenvalue weighted by atomic mass is 32.2. The SMILES string of the molecule is COC(=O)c1ccc2nc(Nc3cc(COS(C)(=O)=O)ccn3)[nH]c2c1. The van der Waals surface area contributed by atoms with Crippen LogP contribution in [0.2, 0.25) is 0 Å². The number of pyridine rings is 1. The number of carbonyl (C=O) groups is 1. The molecule has 0 aliphatic heterocycles. The van der Waals surface area contributed by atoms with E-state index >= 15 is 0 Å². The highest BCUT2D eigenvalue weighted by Gasteiger charge is 2.10. The molecule has 0 aliphatic carbocycles. The van der Waals surface area contributed by atoms with Crippen LogP contribution < -0.4 is 5.32 Å². The summed E-state index contributed by atoms with van der Waals surface area (Å²) in [4.78, 5) is 23.2. The van der Waals surface area contributed by atoms with Gasteiger partial charge in [-0.1, -0.05) is 0 Å². The van der Waals surface area contributed by atoms with Crippen molar-refractivity contribution in [3.05, 3.63) is 47.7 Å². The Bertz CT molecular complexity index is 1060. The van der Waals surface area contributed by atoms with Crippen LogP contribution in [0.1, 0.15) is 15.9 Å². The number of carbonyl (C=O) groups excluding carboxylic acids is 1. The molecule has 1 aromatic carbocycles. The Hall–Kier alpha value is -2.98. The summed E-state index contributed by atoms with van der Waals surface area (Å²) in [5.74, 6) is 0.457. The summed E-state index contributed by atoms with van der Waals surface area (Å²) in [6, 6.07) is 8.27. The van der Waals surface area contributed by atoms with E-state index in [1.165, 1.54) is 13.3 Å². The second kappa shape index (κ2) is 7.10. The first kappa shape index (κ1) is 17.8. The summed E-state index contributed by atoms with van der Waals surface area (Å²) in [6.07, 6.45) is 2.52. The number of hydrogen-bond donors (Lipinski definition) is 2. The number of benzene rings is 1. The van der Waals surface area contributed by atoms with Gasteiger partial charge in [-0.05, 0) is 35.9 Å². The van der Waals surface area contributed by atoms with E-state index in [4.69, 9.17) is 8.92 Å². The zero-order valence-electron chi connectivity index (χ0n) is 14.0. The fraction of sp³-hybridized carbons (Fsp3) is 0.188. The Kier molecular flexibility index (Phi) is 4.87. The van der Waals surface area contributed by atoms with E-state index in [0.29, 0.717) is 33.9 Å². The number of imidazole rings is 1. The lowest BCUT2D eigenvalue weighted by Gasteiger charge is -2.05. The molecule has 0 amide bonds. The normalized spacial score (nSPS) is 11.5. The highest BCUT2D eigenvalue weighted by molar-refractivity contribution is 7.85. The van der Waals surface area contributed by atoms with Crippen LogP contribution in [-0.4, -0.2) is 42.7 Å². The van der Waals surface area contributed by atoms with Gasteiger partial charge in [0.05, 0.1) is 36.6 Å². The molecule has 0 atom stereocenters. The molecule has 0 bridgehead atoms. The van der Waals surface area contributed by atoms with Gasteiger partial charge in [0.15, 0.2) is 0 Å². The average Bonchev–Trinajstić information content (AvgIpc) is 3.00. The summed E-state index contributed by atoms with van der Waals surface area (Å²) >= 11 is 0. The van der Waals surface area contributed by atoms with E-state index in [0.717, 1.165) is 6.26 Å². The van der Waals surface area contributed by atoms with Gasteiger partial charge >= 0.3 is 5.97 Å². The van der Waals surface area contributed by atoms with Crippen molar-refractivity contribution in [2.45, 2.75) is 6.61 Å². The van der Waals surface area contributed by atoms with Gasteiger partial charge in [-0.25, -0.2) is 14.8 Å². The summed E-state index contributed by atoms with van der Waals surface area (Å²) in [7, 11) is -2.20. The number of aromatic amines is 1. The third-order valence-corrected chi connectivity index (χ3v) is 3.96. The molecule has 9 nitrogen and oxygen atoms in total. The van der Waals surface area contributed by atoms with Crippen LogP contribution in [0.4, 0.5) is 11.8 Å². The Labute approximate surface area is 149 Å². The first-order chi connectivity index (χ1) is 12.3. The number of aromatic nitrogens is 3. The molecule has 0 aliphatic rings. The number of rotatable bonds is 6. The van der Waals surface area contributed by atoms with Crippen molar-refractivity contribution in [3.8, 4) is 0 Å². The molecule has 0 fully saturated rings. The number of anilines is 2. The third-order valence-electron chi connectivity index (χ3n) is 3.41. The Balaban J connectivity index is 1.79. The van der Waals surface area contributed by atoms with Crippen LogP contribution in [0, 0.1) is 0 Å². The number of esters is 1. The standard InChI is InChI=1S/C16H16N4O5S/c1-24-15(21)11-3-4-12-13(8-11)19-16(18-12)20-14-7-10(5-6-17-14)9-25-26(2,22)23/h3-8H,9H2,1-2H3,(H2,17,18,19,20). The minimum atomic E-state index is -3.52. The van der Waals surface area contributed by atoms with Crippen molar-refractivity contribution in [2.24, 2.45) is 0 Å². The number of ether oxygens (including phenoxy) is 1. The molecule has 3 aromatic rings. The topological polar surface area (TPSA) is 123 Å². The Morgan fingerprint density at radius 3 is 2.81 bits per heavy atom. The number of fused-ring (bicyclic) bond motifs is 1. The van der Waals surface area contributed by atoms with Crippen molar-refractivity contribution in [3.63, 3.8) is 0 Å². The molecular formula is C16H16N4O5S. The first-order valence-electron chi connectivity index (χ1n) is 7.48. The van der Waals surface area contributed by atoms with Crippen molar-refractivity contribution in [1.82, 2.24) is 15.0 Å². The maximum Gasteiger partial charge on any atom is 0.337 e. The molecule has 0 saturated carbocycles. The van der Waals surface area contributed by atoms with Gasteiger partial charge < -0.3 is 15.0 Å². The molecule has 0 spiro atoms. The summed E-state index contributed by atoms with van der Waals surface area (Å²) < 4.78 is 31.6. The van der Waals surface area contributed by atoms with Crippen LogP contribution in [0.5, 0.6) is 0 Å². The smallest absolute Gasteiger partial charge is 0.337 e. The van der Waals surface area contributed by atoms with E-state index in [9.17, 15) is 13.2 Å². The molecule has 0 saturated heterocycles. The minimum Gasteiger partial charge on any atom is -0.465 e. The molecule has 10 heteroatoms. The number of nitrogens with one attached hydrogen (secondary N) is 2. The molecule has 3 rings (SSSR count). The van der Waals surface area contributed by atoms with Crippen LogP contribution >= 0.6 is 0 Å². The molecule has 2 N–H and O–H groups in total. The first-order valence-corrected chi connectivity index (χ1v) is 9.30. The molecule has 0 radical (unpaired) electrons. The molecule has 2 aromatic heterocycles. The van der Waals surface area contributed by atoms with E-state index in [-0.39, 0.29) is 6.61 Å². The zero-order chi connectivity index (χ0) is 18.7. The van der Waals surface area contributed by atoms with Gasteiger partial charge in [0.25, 0.3) is 10.1 Å². The number of methoxy groups -OCH3 is 1. The van der Waals surface area contributed by atoms with Gasteiger partial charge in [0, 0.05) is 6.20 Å². The zero-order valence-corrected chi connectivity index (χ0v) is 14.8. The van der Waals surface area contributed by atoms with Crippen LogP contribution in [0.15, 0.2) is 36.5 Å². The van der Waals surface area contributed by atoms with Crippen molar-refractivity contribution in [1.29, 1.82) is 0 Å². The lowest BCUT2D eigenvalue weighted by atomic mass is 10.2. The van der Waals surface area contributed by atoms with Gasteiger partial charge in [-0.2, -0.15) is 8.42 Å². The second-order valence-electron chi connectivity index (χ2n) is 5.45. The van der Waals surface area contributed by atoms with Crippen molar-refractivity contribution >= 4 is 38.9 Å². The summed E-state index contributed by atoms with van der Waals surface area (Å²) in [5, 5.41) is 2.99. The van der Waals surface area contributed by atoms with E-state index in [2.05, 4.69) is 20.3 Å². The molecular weight excluding hydrogens is 360 g/mol. The quantitative estimate of drug-likeness (QED) is 0.494. The van der Waals surface area contributed by atoms with Crippen LogP contribution in [0.25, 0.3) is 11.0 Å². The number of H-pyrrole nitrogens is 1. The lowest BCUT2D eigenvalue weighted by Crippen LogP contribution is -2.03. The fourth-order valence-corrected chi connectivity index (χ4v) is 2.59. The third kappa shape index (κ3) is 4.35.